The molecule has 5 rings (SSSR count). The summed E-state index contributed by atoms with van der Waals surface area (Å²) >= 11 is 0. The van der Waals surface area contributed by atoms with Crippen LogP contribution in [-0.4, -0.2) is 36.6 Å². The maximum absolute atomic E-state index is 13.6. The van der Waals surface area contributed by atoms with Crippen molar-refractivity contribution in [1.82, 2.24) is 4.90 Å². The summed E-state index contributed by atoms with van der Waals surface area (Å²) in [5.74, 6) is 1.14. The topological polar surface area (TPSA) is 79.9 Å². The van der Waals surface area contributed by atoms with Gasteiger partial charge in [-0.05, 0) is 74.7 Å². The number of rotatable bonds is 6. The van der Waals surface area contributed by atoms with Gasteiger partial charge in [0.15, 0.2) is 11.5 Å². The van der Waals surface area contributed by atoms with Gasteiger partial charge in [0, 0.05) is 23.4 Å². The first kappa shape index (κ1) is 23.9. The van der Waals surface area contributed by atoms with Crippen molar-refractivity contribution in [3.05, 3.63) is 83.4 Å². The summed E-state index contributed by atoms with van der Waals surface area (Å²) in [4.78, 5) is 28.7. The van der Waals surface area contributed by atoms with E-state index in [1.54, 1.807) is 12.1 Å². The molecule has 36 heavy (non-hydrogen) atoms. The second-order valence-electron chi connectivity index (χ2n) is 9.49. The largest absolute Gasteiger partial charge is 0.454 e. The lowest BCUT2D eigenvalue weighted by Gasteiger charge is -2.36. The lowest BCUT2D eigenvalue weighted by atomic mass is 9.93. The monoisotopic (exact) mass is 485 g/mol. The van der Waals surface area contributed by atoms with Gasteiger partial charge in [0.1, 0.15) is 6.04 Å². The molecular formula is C29H31N3O4. The highest BCUT2D eigenvalue weighted by molar-refractivity contribution is 5.96. The van der Waals surface area contributed by atoms with E-state index in [1.165, 1.54) is 0 Å². The maximum atomic E-state index is 13.6. The Labute approximate surface area is 211 Å². The number of carbonyl (C=O) groups excluding carboxylic acids is 2. The highest BCUT2D eigenvalue weighted by atomic mass is 16.7. The SMILES string of the molecule is Cc1ccc(C)c(NC(=O)[C@@H](c2ccccc2)N2CCC(C(=O)Nc3ccc4c(c3)OCO4)CC2)c1. The molecule has 2 N–H and O–H groups in total. The minimum absolute atomic E-state index is 0.00962. The van der Waals surface area contributed by atoms with Gasteiger partial charge in [-0.2, -0.15) is 0 Å². The van der Waals surface area contributed by atoms with Gasteiger partial charge < -0.3 is 20.1 Å². The van der Waals surface area contributed by atoms with E-state index in [0.717, 1.165) is 22.4 Å². The van der Waals surface area contributed by atoms with Crippen molar-refractivity contribution in [2.45, 2.75) is 32.7 Å². The predicted octanol–water partition coefficient (Wildman–Crippen LogP) is 5.06. The highest BCUT2D eigenvalue weighted by Crippen LogP contribution is 2.35. The summed E-state index contributed by atoms with van der Waals surface area (Å²) < 4.78 is 10.8. The number of anilines is 2. The minimum atomic E-state index is -0.427. The smallest absolute Gasteiger partial charge is 0.246 e. The van der Waals surface area contributed by atoms with Gasteiger partial charge in [0.2, 0.25) is 18.6 Å². The van der Waals surface area contributed by atoms with Crippen molar-refractivity contribution in [3.63, 3.8) is 0 Å². The summed E-state index contributed by atoms with van der Waals surface area (Å²) in [6.07, 6.45) is 1.35. The number of hydrogen-bond acceptors (Lipinski definition) is 5. The third-order valence-electron chi connectivity index (χ3n) is 6.92. The van der Waals surface area contributed by atoms with E-state index >= 15 is 0 Å². The van der Waals surface area contributed by atoms with Crippen LogP contribution < -0.4 is 20.1 Å². The average molecular weight is 486 g/mol. The molecule has 3 aromatic carbocycles. The Morgan fingerprint density at radius 3 is 2.42 bits per heavy atom. The maximum Gasteiger partial charge on any atom is 0.246 e. The van der Waals surface area contributed by atoms with Crippen molar-refractivity contribution in [3.8, 4) is 11.5 Å². The van der Waals surface area contributed by atoms with Crippen LogP contribution in [0.4, 0.5) is 11.4 Å². The molecule has 7 nitrogen and oxygen atoms in total. The molecule has 0 aromatic heterocycles. The molecular weight excluding hydrogens is 454 g/mol. The van der Waals surface area contributed by atoms with E-state index in [0.29, 0.717) is 43.1 Å². The summed E-state index contributed by atoms with van der Waals surface area (Å²) in [6.45, 7) is 5.52. The fourth-order valence-electron chi connectivity index (χ4n) is 4.87. The number of nitrogens with zero attached hydrogens (tertiary/aromatic N) is 1. The molecule has 0 radical (unpaired) electrons. The fraction of sp³-hybridized carbons (Fsp3) is 0.310. The number of piperidine rings is 1. The molecule has 0 bridgehead atoms. The second-order valence-corrected chi connectivity index (χ2v) is 9.49. The van der Waals surface area contributed by atoms with Crippen LogP contribution in [0.5, 0.6) is 11.5 Å². The number of benzene rings is 3. The number of carbonyl (C=O) groups is 2. The van der Waals surface area contributed by atoms with E-state index in [-0.39, 0.29) is 24.5 Å². The van der Waals surface area contributed by atoms with Crippen molar-refractivity contribution in [2.24, 2.45) is 5.92 Å². The Hall–Kier alpha value is -3.84. The lowest BCUT2D eigenvalue weighted by Crippen LogP contribution is -2.44. The molecule has 1 atom stereocenters. The molecule has 0 saturated carbocycles. The molecule has 7 heteroatoms. The van der Waals surface area contributed by atoms with Crippen LogP contribution in [0.15, 0.2) is 66.7 Å². The molecule has 0 unspecified atom stereocenters. The lowest BCUT2D eigenvalue weighted by molar-refractivity contribution is -0.124. The number of nitrogens with one attached hydrogen (secondary N) is 2. The minimum Gasteiger partial charge on any atom is -0.454 e. The number of ether oxygens (including phenoxy) is 2. The van der Waals surface area contributed by atoms with Crippen LogP contribution in [0.25, 0.3) is 0 Å². The second kappa shape index (κ2) is 10.4. The number of fused-ring (bicyclic) bond motifs is 1. The molecule has 186 valence electrons. The van der Waals surface area contributed by atoms with E-state index in [4.69, 9.17) is 9.47 Å². The van der Waals surface area contributed by atoms with Crippen LogP contribution in [0.3, 0.4) is 0 Å². The van der Waals surface area contributed by atoms with E-state index in [1.807, 2.05) is 68.4 Å². The van der Waals surface area contributed by atoms with E-state index in [9.17, 15) is 9.59 Å². The molecule has 2 aliphatic rings. The quantitative estimate of drug-likeness (QED) is 0.510. The van der Waals surface area contributed by atoms with Gasteiger partial charge >= 0.3 is 0 Å². The van der Waals surface area contributed by atoms with Gasteiger partial charge in [0.25, 0.3) is 0 Å². The van der Waals surface area contributed by atoms with Crippen LogP contribution >= 0.6 is 0 Å². The molecule has 2 amide bonds. The Kier molecular flexibility index (Phi) is 6.91. The Balaban J connectivity index is 1.26. The normalized spacial score (nSPS) is 16.4. The summed E-state index contributed by atoms with van der Waals surface area (Å²) in [7, 11) is 0. The van der Waals surface area contributed by atoms with E-state index < -0.39 is 6.04 Å². The van der Waals surface area contributed by atoms with Crippen molar-refractivity contribution in [2.75, 3.05) is 30.5 Å². The first-order valence-electron chi connectivity index (χ1n) is 12.4. The van der Waals surface area contributed by atoms with Crippen molar-refractivity contribution in [1.29, 1.82) is 0 Å². The Morgan fingerprint density at radius 1 is 0.889 bits per heavy atom. The number of aryl methyl sites for hydroxylation is 2. The van der Waals surface area contributed by atoms with Crippen molar-refractivity contribution < 1.29 is 19.1 Å². The molecule has 2 aliphatic heterocycles. The molecule has 0 aliphatic carbocycles. The zero-order chi connectivity index (χ0) is 25.1. The van der Waals surface area contributed by atoms with Gasteiger partial charge in [-0.25, -0.2) is 0 Å². The van der Waals surface area contributed by atoms with E-state index in [2.05, 4.69) is 15.5 Å². The van der Waals surface area contributed by atoms with Crippen LogP contribution in [-0.2, 0) is 9.59 Å². The highest BCUT2D eigenvalue weighted by Gasteiger charge is 2.33. The molecule has 3 aromatic rings. The first-order chi connectivity index (χ1) is 17.5. The summed E-state index contributed by atoms with van der Waals surface area (Å²) in [6, 6.07) is 20.9. The first-order valence-corrected chi connectivity index (χ1v) is 12.4. The Bertz CT molecular complexity index is 1250. The number of likely N-dealkylation sites (tertiary alicyclic amines) is 1. The standard InChI is InChI=1S/C29H31N3O4/c1-19-8-9-20(2)24(16-19)31-29(34)27(21-6-4-3-5-7-21)32-14-12-22(13-15-32)28(33)30-23-10-11-25-26(17-23)36-18-35-25/h3-11,16-17,22,27H,12-15,18H2,1-2H3,(H,30,33)(H,31,34)/t27-/m1/s1. The number of amides is 2. The molecule has 1 fully saturated rings. The fourth-order valence-corrected chi connectivity index (χ4v) is 4.87. The van der Waals surface area contributed by atoms with Gasteiger partial charge in [-0.1, -0.05) is 42.5 Å². The van der Waals surface area contributed by atoms with Crippen LogP contribution in [0, 0.1) is 19.8 Å². The third-order valence-corrected chi connectivity index (χ3v) is 6.92. The Morgan fingerprint density at radius 2 is 1.64 bits per heavy atom. The van der Waals surface area contributed by atoms with Gasteiger partial charge in [0.05, 0.1) is 0 Å². The average Bonchev–Trinajstić information content (AvgIpc) is 3.35. The molecule has 1 saturated heterocycles. The van der Waals surface area contributed by atoms with Gasteiger partial charge in [-0.3, -0.25) is 14.5 Å². The molecule has 0 spiro atoms. The third kappa shape index (κ3) is 5.21. The summed E-state index contributed by atoms with van der Waals surface area (Å²) in [5, 5.41) is 6.16. The molecule has 2 heterocycles. The zero-order valence-electron chi connectivity index (χ0n) is 20.6. The predicted molar refractivity (Wildman–Crippen MR) is 139 cm³/mol. The van der Waals surface area contributed by atoms with Gasteiger partial charge in [-0.15, -0.1) is 0 Å². The van der Waals surface area contributed by atoms with Crippen molar-refractivity contribution >= 4 is 23.2 Å². The van der Waals surface area contributed by atoms with Crippen LogP contribution in [0.1, 0.15) is 35.6 Å². The zero-order valence-corrected chi connectivity index (χ0v) is 20.6. The number of hydrogen-bond donors (Lipinski definition) is 2. The van der Waals surface area contributed by atoms with Crippen LogP contribution in [0.2, 0.25) is 0 Å². The summed E-state index contributed by atoms with van der Waals surface area (Å²) in [5.41, 5.74) is 4.60.